The average molecular weight is 709 g/mol. The SMILES string of the molecule is O=[N+]([O-])c1cn2c(n1)O[C@@H](COc1ccc(N3CCN(Cc4ccc(N5CCC(Oc6ccc(OC(F)(F)F)cc6)CC5)cc4)CC3)cc1)CC2. The third kappa shape index (κ3) is 8.95. The molecule has 0 saturated carbocycles. The number of imidazole rings is 1. The van der Waals surface area contributed by atoms with Crippen LogP contribution < -0.4 is 28.7 Å². The molecule has 2 fully saturated rings. The molecule has 3 aliphatic heterocycles. The number of hydrogen-bond donors (Lipinski definition) is 0. The van der Waals surface area contributed by atoms with Crippen LogP contribution >= 0.6 is 0 Å². The van der Waals surface area contributed by atoms with Crippen LogP contribution in [0.5, 0.6) is 23.3 Å². The topological polar surface area (TPSA) is 108 Å². The summed E-state index contributed by atoms with van der Waals surface area (Å²) in [4.78, 5) is 21.6. The van der Waals surface area contributed by atoms with Crippen molar-refractivity contribution in [1.29, 1.82) is 0 Å². The molecule has 3 aliphatic rings. The minimum atomic E-state index is -4.71. The summed E-state index contributed by atoms with van der Waals surface area (Å²) in [6, 6.07) is 22.6. The Morgan fingerprint density at radius 1 is 0.784 bits per heavy atom. The van der Waals surface area contributed by atoms with Crippen molar-refractivity contribution in [1.82, 2.24) is 14.5 Å². The number of piperidine rings is 1. The molecule has 0 amide bonds. The number of nitro groups is 1. The van der Waals surface area contributed by atoms with Crippen LogP contribution in [0, 0.1) is 10.1 Å². The van der Waals surface area contributed by atoms with Gasteiger partial charge in [-0.25, -0.2) is 0 Å². The number of fused-ring (bicyclic) bond motifs is 1. The monoisotopic (exact) mass is 708 g/mol. The first-order valence-electron chi connectivity index (χ1n) is 17.1. The van der Waals surface area contributed by atoms with E-state index in [0.29, 0.717) is 25.3 Å². The molecule has 2 saturated heterocycles. The van der Waals surface area contributed by atoms with Gasteiger partial charge in [0.1, 0.15) is 42.3 Å². The Kier molecular flexibility index (Phi) is 10.1. The molecular formula is C36H39F3N6O6. The predicted octanol–water partition coefficient (Wildman–Crippen LogP) is 6.29. The summed E-state index contributed by atoms with van der Waals surface area (Å²) in [5.41, 5.74) is 3.60. The quantitative estimate of drug-likeness (QED) is 0.130. The zero-order valence-electron chi connectivity index (χ0n) is 27.9. The van der Waals surface area contributed by atoms with Crippen LogP contribution in [-0.4, -0.2) is 83.8 Å². The highest BCUT2D eigenvalue weighted by Crippen LogP contribution is 2.29. The van der Waals surface area contributed by atoms with Gasteiger partial charge in [0.25, 0.3) is 0 Å². The highest BCUT2D eigenvalue weighted by molar-refractivity contribution is 5.50. The minimum Gasteiger partial charge on any atom is -0.490 e. The molecule has 4 heterocycles. The number of aryl methyl sites for hydroxylation is 1. The van der Waals surface area contributed by atoms with Gasteiger partial charge >= 0.3 is 18.2 Å². The number of anilines is 2. The third-order valence-electron chi connectivity index (χ3n) is 9.40. The Morgan fingerprint density at radius 3 is 2.04 bits per heavy atom. The van der Waals surface area contributed by atoms with Crippen molar-refractivity contribution in [3.63, 3.8) is 0 Å². The van der Waals surface area contributed by atoms with Crippen LogP contribution in [0.2, 0.25) is 0 Å². The lowest BCUT2D eigenvalue weighted by Gasteiger charge is -2.36. The second kappa shape index (κ2) is 15.0. The van der Waals surface area contributed by atoms with Crippen molar-refractivity contribution in [3.05, 3.63) is 94.7 Å². The van der Waals surface area contributed by atoms with Gasteiger partial charge in [-0.1, -0.05) is 12.1 Å². The van der Waals surface area contributed by atoms with Crippen molar-refractivity contribution in [2.75, 3.05) is 55.7 Å². The lowest BCUT2D eigenvalue weighted by Crippen LogP contribution is -2.45. The van der Waals surface area contributed by atoms with E-state index in [1.54, 1.807) is 4.57 Å². The first-order chi connectivity index (χ1) is 24.6. The molecule has 15 heteroatoms. The Labute approximate surface area is 293 Å². The zero-order chi connectivity index (χ0) is 35.4. The van der Waals surface area contributed by atoms with E-state index >= 15 is 0 Å². The van der Waals surface area contributed by atoms with E-state index in [2.05, 4.69) is 60.8 Å². The van der Waals surface area contributed by atoms with Crippen LogP contribution in [0.1, 0.15) is 24.8 Å². The van der Waals surface area contributed by atoms with Gasteiger partial charge in [0.2, 0.25) is 0 Å². The molecule has 0 aliphatic carbocycles. The maximum absolute atomic E-state index is 12.4. The van der Waals surface area contributed by atoms with Gasteiger partial charge in [0, 0.05) is 88.0 Å². The van der Waals surface area contributed by atoms with Gasteiger partial charge in [-0.05, 0) is 71.2 Å². The zero-order valence-corrected chi connectivity index (χ0v) is 27.9. The van der Waals surface area contributed by atoms with Gasteiger partial charge in [-0.3, -0.25) is 9.47 Å². The van der Waals surface area contributed by atoms with E-state index in [0.717, 1.165) is 70.1 Å². The smallest absolute Gasteiger partial charge is 0.490 e. The maximum atomic E-state index is 12.4. The summed E-state index contributed by atoms with van der Waals surface area (Å²) in [5.74, 6) is 0.804. The summed E-state index contributed by atoms with van der Waals surface area (Å²) in [5, 5.41) is 11.0. The number of nitrogens with zero attached hydrogens (tertiary/aromatic N) is 6. The average Bonchev–Trinajstić information content (AvgIpc) is 3.57. The van der Waals surface area contributed by atoms with Crippen LogP contribution in [0.3, 0.4) is 0 Å². The number of piperazine rings is 1. The summed E-state index contributed by atoms with van der Waals surface area (Å²) < 4.78 is 60.6. The van der Waals surface area contributed by atoms with E-state index in [1.165, 1.54) is 41.7 Å². The van der Waals surface area contributed by atoms with Crippen molar-refractivity contribution in [2.24, 2.45) is 0 Å². The molecule has 7 rings (SSSR count). The van der Waals surface area contributed by atoms with Crippen LogP contribution in [-0.2, 0) is 13.1 Å². The second-order valence-electron chi connectivity index (χ2n) is 12.9. The maximum Gasteiger partial charge on any atom is 0.573 e. The molecular weight excluding hydrogens is 669 g/mol. The molecule has 0 N–H and O–H groups in total. The number of benzene rings is 3. The molecule has 0 spiro atoms. The number of alkyl halides is 3. The lowest BCUT2D eigenvalue weighted by atomic mass is 10.1. The van der Waals surface area contributed by atoms with Crippen molar-refractivity contribution < 1.29 is 37.0 Å². The van der Waals surface area contributed by atoms with Crippen molar-refractivity contribution in [2.45, 2.75) is 50.9 Å². The molecule has 12 nitrogen and oxygen atoms in total. The molecule has 270 valence electrons. The van der Waals surface area contributed by atoms with E-state index in [4.69, 9.17) is 14.2 Å². The lowest BCUT2D eigenvalue weighted by molar-refractivity contribution is -0.389. The van der Waals surface area contributed by atoms with Gasteiger partial charge in [0.05, 0.1) is 0 Å². The molecule has 1 aromatic heterocycles. The van der Waals surface area contributed by atoms with Crippen molar-refractivity contribution in [3.8, 4) is 23.3 Å². The van der Waals surface area contributed by atoms with E-state index in [9.17, 15) is 23.3 Å². The number of ether oxygens (including phenoxy) is 4. The van der Waals surface area contributed by atoms with Gasteiger partial charge < -0.3 is 38.9 Å². The Balaban J connectivity index is 0.808. The summed E-state index contributed by atoms with van der Waals surface area (Å²) in [7, 11) is 0. The normalized spacial score (nSPS) is 18.5. The first kappa shape index (κ1) is 34.3. The second-order valence-corrected chi connectivity index (χ2v) is 12.9. The third-order valence-corrected chi connectivity index (χ3v) is 9.40. The van der Waals surface area contributed by atoms with Crippen molar-refractivity contribution >= 4 is 17.2 Å². The van der Waals surface area contributed by atoms with Gasteiger partial charge in [0.15, 0.2) is 0 Å². The molecule has 51 heavy (non-hydrogen) atoms. The van der Waals surface area contributed by atoms with Crippen LogP contribution in [0.25, 0.3) is 0 Å². The number of halogens is 3. The molecule has 0 unspecified atom stereocenters. The number of rotatable bonds is 11. The van der Waals surface area contributed by atoms with Crippen LogP contribution in [0.15, 0.2) is 79.0 Å². The fourth-order valence-electron chi connectivity index (χ4n) is 6.66. The Bertz CT molecular complexity index is 1750. The van der Waals surface area contributed by atoms with E-state index < -0.39 is 11.3 Å². The molecule has 0 radical (unpaired) electrons. The molecule has 0 bridgehead atoms. The molecule has 3 aromatic carbocycles. The summed E-state index contributed by atoms with van der Waals surface area (Å²) in [6.07, 6.45) is -1.22. The van der Waals surface area contributed by atoms with Crippen LogP contribution in [0.4, 0.5) is 30.4 Å². The summed E-state index contributed by atoms with van der Waals surface area (Å²) >= 11 is 0. The highest BCUT2D eigenvalue weighted by Gasteiger charge is 2.31. The molecule has 4 aromatic rings. The molecule has 1 atom stereocenters. The van der Waals surface area contributed by atoms with E-state index in [1.807, 2.05) is 12.1 Å². The van der Waals surface area contributed by atoms with Gasteiger partial charge in [-0.2, -0.15) is 0 Å². The predicted molar refractivity (Wildman–Crippen MR) is 183 cm³/mol. The Hall–Kier alpha value is -5.18. The largest absolute Gasteiger partial charge is 0.573 e. The van der Waals surface area contributed by atoms with E-state index in [-0.39, 0.29) is 29.8 Å². The Morgan fingerprint density at radius 2 is 1.39 bits per heavy atom. The standard InChI is InChI=1S/C36H39F3N6O6/c37-36(38,39)51-32-11-9-30(10-12-32)49-31-13-16-42(17-14-31)27-3-1-26(2-4-27)23-41-19-21-43(22-20-41)28-5-7-29(8-6-28)48-25-33-15-18-44-24-34(45(46)47)40-35(44)50-33/h1-12,24,31,33H,13-23,25H2/t33-/m1/s1. The number of aromatic nitrogens is 2. The number of hydrogen-bond acceptors (Lipinski definition) is 10. The summed E-state index contributed by atoms with van der Waals surface area (Å²) in [6.45, 7) is 7.26. The minimum absolute atomic E-state index is 0.00487. The van der Waals surface area contributed by atoms with Gasteiger partial charge in [-0.15, -0.1) is 13.2 Å². The fraction of sp³-hybridized carbons (Fsp3) is 0.417. The first-order valence-corrected chi connectivity index (χ1v) is 17.1. The highest BCUT2D eigenvalue weighted by atomic mass is 19.4. The fourth-order valence-corrected chi connectivity index (χ4v) is 6.66.